The number of hydrogen-bond acceptors (Lipinski definition) is 8. The molecule has 0 radical (unpaired) electrons. The van der Waals surface area contributed by atoms with Crippen LogP contribution in [-0.2, 0) is 14.3 Å². The summed E-state index contributed by atoms with van der Waals surface area (Å²) >= 11 is 5.15. The van der Waals surface area contributed by atoms with Crippen LogP contribution < -0.4 is 5.73 Å². The van der Waals surface area contributed by atoms with E-state index in [0.717, 1.165) is 19.3 Å². The normalized spacial score (nSPS) is 22.3. The molecule has 2 heterocycles. The van der Waals surface area contributed by atoms with Gasteiger partial charge in [0.2, 0.25) is 4.77 Å². The fraction of sp³-hybridized carbons (Fsp3) is 0.828. The van der Waals surface area contributed by atoms with Crippen LogP contribution in [0.5, 0.6) is 0 Å². The maximum absolute atomic E-state index is 12.3. The minimum absolute atomic E-state index is 0.105. The number of nitrogens with two attached hydrogens (primary N) is 1. The van der Waals surface area contributed by atoms with Gasteiger partial charge < -0.3 is 25.4 Å². The molecule has 0 bridgehead atoms. The van der Waals surface area contributed by atoms with Crippen LogP contribution in [0.1, 0.15) is 130 Å². The Bertz CT molecular complexity index is 874. The number of aliphatic hydroxyl groups excluding tert-OH is 2. The predicted molar refractivity (Wildman–Crippen MR) is 153 cm³/mol. The quantitative estimate of drug-likeness (QED) is 0.0907. The van der Waals surface area contributed by atoms with E-state index in [2.05, 4.69) is 11.9 Å². The molecule has 38 heavy (non-hydrogen) atoms. The zero-order valence-electron chi connectivity index (χ0n) is 24.3. The summed E-state index contributed by atoms with van der Waals surface area (Å²) in [5.41, 5.74) is 5.61. The molecule has 2 rings (SSSR count). The highest BCUT2D eigenvalue weighted by atomic mass is 32.1. The lowest BCUT2D eigenvalue weighted by atomic mass is 10.0. The second-order valence-corrected chi connectivity index (χ2v) is 10.9. The molecule has 5 atom stereocenters. The van der Waals surface area contributed by atoms with E-state index < -0.39 is 36.9 Å². The zero-order chi connectivity index (χ0) is 28.5. The number of rotatable bonds is 21. The number of nitrogen functional groups attached to an aromatic ring is 1. The van der Waals surface area contributed by atoms with Crippen LogP contribution >= 0.6 is 12.2 Å². The summed E-state index contributed by atoms with van der Waals surface area (Å²) in [4.78, 5) is 16.2. The van der Waals surface area contributed by atoms with Crippen molar-refractivity contribution in [2.24, 2.45) is 0 Å². The zero-order valence-corrected chi connectivity index (χ0v) is 24.1. The summed E-state index contributed by atoms with van der Waals surface area (Å²) in [6.07, 6.45) is 17.0. The fourth-order valence-corrected chi connectivity index (χ4v) is 5.12. The third kappa shape index (κ3) is 12.5. The Morgan fingerprint density at radius 2 is 1.47 bits per heavy atom. The van der Waals surface area contributed by atoms with Crippen molar-refractivity contribution >= 4 is 24.0 Å². The highest BCUT2D eigenvalue weighted by Crippen LogP contribution is 2.30. The van der Waals surface area contributed by atoms with Gasteiger partial charge in [0.1, 0.15) is 30.7 Å². The summed E-state index contributed by atoms with van der Waals surface area (Å²) in [6, 6.07) is 1.51. The number of anilines is 1. The SMILES string of the molecule is [2H]C(CCCCCCCCCCCCCCCCCC)C(=O)OC[C@H]1OC(n2ccc(N)nc2=S)[C@@H](O)[C@@H]1O. The molecule has 0 amide bonds. The van der Waals surface area contributed by atoms with Gasteiger partial charge in [-0.2, -0.15) is 0 Å². The average Bonchev–Trinajstić information content (AvgIpc) is 3.19. The summed E-state index contributed by atoms with van der Waals surface area (Å²) < 4.78 is 20.5. The Morgan fingerprint density at radius 1 is 0.974 bits per heavy atom. The molecule has 8 nitrogen and oxygen atoms in total. The summed E-state index contributed by atoms with van der Waals surface area (Å²) in [7, 11) is 0. The summed E-state index contributed by atoms with van der Waals surface area (Å²) in [5.74, 6) is -0.406. The first kappa shape index (κ1) is 31.0. The van der Waals surface area contributed by atoms with E-state index >= 15 is 0 Å². The first-order valence-corrected chi connectivity index (χ1v) is 15.2. The van der Waals surface area contributed by atoms with Gasteiger partial charge in [-0.15, -0.1) is 0 Å². The van der Waals surface area contributed by atoms with Gasteiger partial charge in [-0.3, -0.25) is 9.36 Å². The molecular formula is C29H51N3O5S. The molecule has 2 unspecified atom stereocenters. The van der Waals surface area contributed by atoms with Crippen molar-refractivity contribution in [1.29, 1.82) is 0 Å². The number of carbonyl (C=O) groups excluding carboxylic acids is 1. The lowest BCUT2D eigenvalue weighted by molar-refractivity contribution is -0.150. The second kappa shape index (κ2) is 19.5. The third-order valence-corrected chi connectivity index (χ3v) is 7.52. The monoisotopic (exact) mass is 554 g/mol. The topological polar surface area (TPSA) is 120 Å². The van der Waals surface area contributed by atoms with Gasteiger partial charge in [0.05, 0.1) is 0 Å². The Kier molecular flexibility index (Phi) is 15.9. The van der Waals surface area contributed by atoms with Crippen molar-refractivity contribution in [3.63, 3.8) is 0 Å². The van der Waals surface area contributed by atoms with E-state index in [1.165, 1.54) is 100 Å². The van der Waals surface area contributed by atoms with Crippen LogP contribution in [0, 0.1) is 4.77 Å². The van der Waals surface area contributed by atoms with Gasteiger partial charge >= 0.3 is 5.97 Å². The lowest BCUT2D eigenvalue weighted by Gasteiger charge is -2.18. The molecular weight excluding hydrogens is 502 g/mol. The van der Waals surface area contributed by atoms with E-state index in [1.54, 1.807) is 0 Å². The van der Waals surface area contributed by atoms with E-state index in [0.29, 0.717) is 6.42 Å². The van der Waals surface area contributed by atoms with Crippen molar-refractivity contribution in [2.45, 2.75) is 147 Å². The number of nitrogens with zero attached hydrogens (tertiary/aromatic N) is 2. The van der Waals surface area contributed by atoms with E-state index in [-0.39, 0.29) is 17.2 Å². The number of unbranched alkanes of at least 4 members (excludes halogenated alkanes) is 15. The van der Waals surface area contributed by atoms with Gasteiger partial charge in [0, 0.05) is 14.0 Å². The number of ether oxygens (including phenoxy) is 2. The molecule has 1 fully saturated rings. The molecule has 1 aromatic heterocycles. The molecule has 1 saturated heterocycles. The van der Waals surface area contributed by atoms with Gasteiger partial charge in [-0.05, 0) is 24.7 Å². The predicted octanol–water partition coefficient (Wildman–Crippen LogP) is 6.40. The van der Waals surface area contributed by atoms with Crippen LogP contribution in [0.25, 0.3) is 0 Å². The van der Waals surface area contributed by atoms with E-state index in [1.807, 2.05) is 0 Å². The molecule has 1 aliphatic rings. The minimum atomic E-state index is -1.28. The molecule has 4 N–H and O–H groups in total. The Balaban J connectivity index is 1.48. The largest absolute Gasteiger partial charge is 0.463 e. The van der Waals surface area contributed by atoms with Crippen molar-refractivity contribution in [2.75, 3.05) is 12.3 Å². The fourth-order valence-electron chi connectivity index (χ4n) is 4.85. The first-order chi connectivity index (χ1) is 18.8. The third-order valence-electron chi connectivity index (χ3n) is 7.22. The smallest absolute Gasteiger partial charge is 0.305 e. The standard InChI is InChI=1S/C29H51N3O5S/c1-2-3-4-5-6-7-8-9-10-11-12-13-14-15-16-17-18-19-25(33)36-22-23-26(34)27(35)28(37-23)32-21-20-24(30)31-29(32)38/h20-21,23,26-28,34-35H,2-19,22H2,1H3,(H2,30,31,38)/t23-,26-,27+,28?/m1/s1/i19D/t19?,23-,26-,27+,28?. The molecule has 1 aliphatic heterocycles. The Morgan fingerprint density at radius 3 is 1.97 bits per heavy atom. The van der Waals surface area contributed by atoms with Crippen LogP contribution in [0.4, 0.5) is 5.82 Å². The van der Waals surface area contributed by atoms with E-state index in [9.17, 15) is 15.0 Å². The maximum Gasteiger partial charge on any atom is 0.305 e. The molecule has 1 aromatic rings. The number of aliphatic hydroxyl groups is 2. The molecule has 0 aliphatic carbocycles. The highest BCUT2D eigenvalue weighted by molar-refractivity contribution is 7.71. The molecule has 0 saturated carbocycles. The summed E-state index contributed by atoms with van der Waals surface area (Å²) in [5, 5.41) is 20.7. The summed E-state index contributed by atoms with van der Waals surface area (Å²) in [6.45, 7) is 2.01. The van der Waals surface area contributed by atoms with Gasteiger partial charge in [0.15, 0.2) is 6.23 Å². The van der Waals surface area contributed by atoms with Gasteiger partial charge in [-0.1, -0.05) is 110 Å². The second-order valence-electron chi connectivity index (χ2n) is 10.5. The number of carbonyl (C=O) groups is 1. The number of aromatic nitrogens is 2. The lowest BCUT2D eigenvalue weighted by Crippen LogP contribution is -2.34. The van der Waals surface area contributed by atoms with Gasteiger partial charge in [-0.25, -0.2) is 4.98 Å². The minimum Gasteiger partial charge on any atom is -0.463 e. The Hall–Kier alpha value is -1.55. The molecule has 0 spiro atoms. The van der Waals surface area contributed by atoms with Crippen LogP contribution in [-0.4, -0.2) is 50.7 Å². The van der Waals surface area contributed by atoms with Crippen molar-refractivity contribution < 1.29 is 25.9 Å². The number of esters is 1. The van der Waals surface area contributed by atoms with Crippen molar-refractivity contribution in [1.82, 2.24) is 9.55 Å². The van der Waals surface area contributed by atoms with Crippen LogP contribution in [0.2, 0.25) is 0 Å². The highest BCUT2D eigenvalue weighted by Gasteiger charge is 2.44. The van der Waals surface area contributed by atoms with Crippen LogP contribution in [0.3, 0.4) is 0 Å². The van der Waals surface area contributed by atoms with Crippen LogP contribution in [0.15, 0.2) is 12.3 Å². The first-order valence-electron chi connectivity index (χ1n) is 15.4. The van der Waals surface area contributed by atoms with Crippen molar-refractivity contribution in [3.05, 3.63) is 17.0 Å². The molecule has 9 heteroatoms. The average molecular weight is 555 g/mol. The maximum atomic E-state index is 12.3. The van der Waals surface area contributed by atoms with Crippen molar-refractivity contribution in [3.8, 4) is 0 Å². The molecule has 0 aromatic carbocycles. The molecule has 218 valence electrons. The number of hydrogen-bond donors (Lipinski definition) is 3. The van der Waals surface area contributed by atoms with Gasteiger partial charge in [0.25, 0.3) is 0 Å². The van der Waals surface area contributed by atoms with E-state index in [4.69, 9.17) is 28.8 Å². The Labute approximate surface area is 235 Å².